The number of amides is 1. The summed E-state index contributed by atoms with van der Waals surface area (Å²) in [6.07, 6.45) is -1.03. The molecule has 8 heteroatoms. The van der Waals surface area contributed by atoms with E-state index in [0.29, 0.717) is 22.2 Å². The van der Waals surface area contributed by atoms with Gasteiger partial charge in [0.05, 0.1) is 21.3 Å². The summed E-state index contributed by atoms with van der Waals surface area (Å²) in [5.41, 5.74) is 0.592. The zero-order valence-electron chi connectivity index (χ0n) is 13.0. The van der Waals surface area contributed by atoms with Crippen LogP contribution >= 0.6 is 23.2 Å². The van der Waals surface area contributed by atoms with Gasteiger partial charge in [0.25, 0.3) is 5.91 Å². The van der Waals surface area contributed by atoms with E-state index in [-0.39, 0.29) is 17.4 Å². The van der Waals surface area contributed by atoms with Crippen molar-refractivity contribution < 1.29 is 23.8 Å². The third kappa shape index (κ3) is 3.81. The van der Waals surface area contributed by atoms with Crippen LogP contribution in [-0.4, -0.2) is 24.8 Å². The number of halogens is 2. The Kier molecular flexibility index (Phi) is 5.01. The summed E-state index contributed by atoms with van der Waals surface area (Å²) in [7, 11) is 0. The number of nitrogens with one attached hydrogen (secondary N) is 1. The Morgan fingerprint density at radius 1 is 1.16 bits per heavy atom. The fourth-order valence-electron chi connectivity index (χ4n) is 2.14. The van der Waals surface area contributed by atoms with Crippen LogP contribution in [0.15, 0.2) is 36.4 Å². The van der Waals surface area contributed by atoms with Gasteiger partial charge in [-0.2, -0.15) is 0 Å². The fraction of sp³-hybridized carbons (Fsp3) is 0.176. The van der Waals surface area contributed by atoms with Gasteiger partial charge in [0.1, 0.15) is 0 Å². The van der Waals surface area contributed by atoms with E-state index >= 15 is 0 Å². The Labute approximate surface area is 153 Å². The Balaban J connectivity index is 1.65. The quantitative estimate of drug-likeness (QED) is 0.812. The minimum Gasteiger partial charge on any atom is -0.454 e. The third-order valence-corrected chi connectivity index (χ3v) is 4.29. The molecule has 1 amide bonds. The fourth-order valence-corrected chi connectivity index (χ4v) is 2.49. The Hall–Kier alpha value is -2.44. The molecule has 25 heavy (non-hydrogen) atoms. The lowest BCUT2D eigenvalue weighted by molar-refractivity contribution is -0.123. The van der Waals surface area contributed by atoms with E-state index in [9.17, 15) is 9.59 Å². The predicted molar refractivity (Wildman–Crippen MR) is 92.5 cm³/mol. The van der Waals surface area contributed by atoms with E-state index in [1.54, 1.807) is 24.3 Å². The highest BCUT2D eigenvalue weighted by Crippen LogP contribution is 2.33. The van der Waals surface area contributed by atoms with E-state index in [0.717, 1.165) is 0 Å². The van der Waals surface area contributed by atoms with Crippen molar-refractivity contribution in [2.45, 2.75) is 13.0 Å². The minimum absolute atomic E-state index is 0.104. The van der Waals surface area contributed by atoms with Crippen molar-refractivity contribution in [3.05, 3.63) is 52.0 Å². The zero-order chi connectivity index (χ0) is 18.0. The lowest BCUT2D eigenvalue weighted by Crippen LogP contribution is -2.30. The molecular weight excluding hydrogens is 369 g/mol. The number of carbonyl (C=O) groups is 2. The van der Waals surface area contributed by atoms with Gasteiger partial charge in [-0.1, -0.05) is 29.3 Å². The van der Waals surface area contributed by atoms with Crippen molar-refractivity contribution in [1.29, 1.82) is 0 Å². The maximum absolute atomic E-state index is 12.2. The van der Waals surface area contributed by atoms with Crippen molar-refractivity contribution >= 4 is 40.8 Å². The van der Waals surface area contributed by atoms with Crippen LogP contribution in [-0.2, 0) is 9.53 Å². The maximum Gasteiger partial charge on any atom is 0.339 e. The lowest BCUT2D eigenvalue weighted by Gasteiger charge is -2.14. The smallest absolute Gasteiger partial charge is 0.339 e. The lowest BCUT2D eigenvalue weighted by atomic mass is 10.2. The molecule has 1 aliphatic rings. The van der Waals surface area contributed by atoms with Gasteiger partial charge in [-0.25, -0.2) is 4.79 Å². The van der Waals surface area contributed by atoms with Crippen molar-refractivity contribution in [2.75, 3.05) is 12.1 Å². The molecule has 1 heterocycles. The molecule has 0 spiro atoms. The van der Waals surface area contributed by atoms with Gasteiger partial charge in [-0.3, -0.25) is 4.79 Å². The van der Waals surface area contributed by atoms with E-state index in [2.05, 4.69) is 5.32 Å². The number of rotatable bonds is 4. The molecule has 0 aliphatic carbocycles. The first-order chi connectivity index (χ1) is 12.0. The van der Waals surface area contributed by atoms with Gasteiger partial charge in [0, 0.05) is 0 Å². The van der Waals surface area contributed by atoms with Gasteiger partial charge in [-0.15, -0.1) is 0 Å². The predicted octanol–water partition coefficient (Wildman–Crippen LogP) is 3.91. The largest absolute Gasteiger partial charge is 0.454 e. The summed E-state index contributed by atoms with van der Waals surface area (Å²) in [5, 5.41) is 3.10. The topological polar surface area (TPSA) is 73.9 Å². The zero-order valence-corrected chi connectivity index (χ0v) is 14.6. The monoisotopic (exact) mass is 381 g/mol. The molecule has 0 saturated carbocycles. The number of esters is 1. The highest BCUT2D eigenvalue weighted by atomic mass is 35.5. The average molecular weight is 382 g/mol. The second-order valence-electron chi connectivity index (χ2n) is 5.21. The van der Waals surface area contributed by atoms with Gasteiger partial charge in [-0.05, 0) is 37.3 Å². The number of carbonyl (C=O) groups excluding carboxylic acids is 2. The number of fused-ring (bicyclic) bond motifs is 1. The molecule has 1 atom stereocenters. The van der Waals surface area contributed by atoms with Crippen LogP contribution in [0.4, 0.5) is 5.69 Å². The van der Waals surface area contributed by atoms with Gasteiger partial charge >= 0.3 is 5.97 Å². The van der Waals surface area contributed by atoms with Crippen LogP contribution in [0.5, 0.6) is 11.5 Å². The molecule has 0 saturated heterocycles. The number of hydrogen-bond donors (Lipinski definition) is 1. The molecule has 2 aromatic carbocycles. The summed E-state index contributed by atoms with van der Waals surface area (Å²) < 4.78 is 15.6. The number of ether oxygens (including phenoxy) is 3. The molecule has 3 rings (SSSR count). The van der Waals surface area contributed by atoms with Crippen molar-refractivity contribution in [1.82, 2.24) is 0 Å². The molecular formula is C17H13Cl2NO5. The standard InChI is InChI=1S/C17H13Cl2NO5/c1-9(16(21)20-12-4-2-3-11(18)15(12)19)25-17(22)10-5-6-13-14(7-10)24-8-23-13/h2-7,9H,8H2,1H3,(H,20,21). The summed E-state index contributed by atoms with van der Waals surface area (Å²) in [6.45, 7) is 1.56. The average Bonchev–Trinajstić information content (AvgIpc) is 3.06. The van der Waals surface area contributed by atoms with Crippen LogP contribution < -0.4 is 14.8 Å². The highest BCUT2D eigenvalue weighted by molar-refractivity contribution is 6.44. The van der Waals surface area contributed by atoms with E-state index in [4.69, 9.17) is 37.4 Å². The number of hydrogen-bond acceptors (Lipinski definition) is 5. The molecule has 6 nitrogen and oxygen atoms in total. The SMILES string of the molecule is CC(OC(=O)c1ccc2c(c1)OCO2)C(=O)Nc1cccc(Cl)c1Cl. The van der Waals surface area contributed by atoms with E-state index in [1.165, 1.54) is 19.1 Å². The Bertz CT molecular complexity index is 840. The second-order valence-corrected chi connectivity index (χ2v) is 5.99. The molecule has 130 valence electrons. The van der Waals surface area contributed by atoms with Gasteiger partial charge in [0.2, 0.25) is 6.79 Å². The summed E-state index contributed by atoms with van der Waals surface area (Å²) in [5.74, 6) is -0.174. The first-order valence-corrected chi connectivity index (χ1v) is 8.07. The van der Waals surface area contributed by atoms with Crippen LogP contribution in [0.2, 0.25) is 10.0 Å². The van der Waals surface area contributed by atoms with Crippen LogP contribution in [0.25, 0.3) is 0 Å². The number of benzene rings is 2. The normalized spacial score (nSPS) is 13.2. The number of anilines is 1. The van der Waals surface area contributed by atoms with Gasteiger partial charge in [0.15, 0.2) is 17.6 Å². The van der Waals surface area contributed by atoms with Crippen LogP contribution in [0, 0.1) is 0 Å². The summed E-state index contributed by atoms with van der Waals surface area (Å²) in [6, 6.07) is 9.49. The van der Waals surface area contributed by atoms with Crippen molar-refractivity contribution in [3.8, 4) is 11.5 Å². The van der Waals surface area contributed by atoms with E-state index in [1.807, 2.05) is 0 Å². The van der Waals surface area contributed by atoms with Crippen molar-refractivity contribution in [2.24, 2.45) is 0 Å². The van der Waals surface area contributed by atoms with Crippen molar-refractivity contribution in [3.63, 3.8) is 0 Å². The molecule has 0 aromatic heterocycles. The minimum atomic E-state index is -1.03. The summed E-state index contributed by atoms with van der Waals surface area (Å²) >= 11 is 11.9. The molecule has 0 bridgehead atoms. The molecule has 2 aromatic rings. The first-order valence-electron chi connectivity index (χ1n) is 7.31. The maximum atomic E-state index is 12.2. The molecule has 1 aliphatic heterocycles. The Morgan fingerprint density at radius 3 is 2.72 bits per heavy atom. The Morgan fingerprint density at radius 2 is 1.92 bits per heavy atom. The van der Waals surface area contributed by atoms with Crippen LogP contribution in [0.3, 0.4) is 0 Å². The van der Waals surface area contributed by atoms with E-state index < -0.39 is 18.0 Å². The molecule has 0 fully saturated rings. The molecule has 1 unspecified atom stereocenters. The second kappa shape index (κ2) is 7.21. The third-order valence-electron chi connectivity index (χ3n) is 3.47. The summed E-state index contributed by atoms with van der Waals surface area (Å²) in [4.78, 5) is 24.4. The molecule has 1 N–H and O–H groups in total. The molecule has 0 radical (unpaired) electrons. The first kappa shape index (κ1) is 17.4. The highest BCUT2D eigenvalue weighted by Gasteiger charge is 2.22. The van der Waals surface area contributed by atoms with Gasteiger partial charge < -0.3 is 19.5 Å². The van der Waals surface area contributed by atoms with Crippen LogP contribution in [0.1, 0.15) is 17.3 Å².